The topological polar surface area (TPSA) is 75.1 Å². The fourth-order valence-corrected chi connectivity index (χ4v) is 4.04. The largest absolute Gasteiger partial charge is 0.480 e. The molecule has 1 heterocycles. The molecule has 1 aromatic rings. The summed E-state index contributed by atoms with van der Waals surface area (Å²) in [6.45, 7) is 12.6. The third kappa shape index (κ3) is 14.4. The number of carboxylic acids is 1. The molecular weight excluding hydrogens is 430 g/mol. The minimum absolute atomic E-state index is 0.434. The molecule has 33 heavy (non-hydrogen) atoms. The van der Waals surface area contributed by atoms with Crippen molar-refractivity contribution in [1.82, 2.24) is 9.97 Å². The zero-order valence-corrected chi connectivity index (χ0v) is 22.0. The Labute approximate surface area is 204 Å². The monoisotopic (exact) mass is 471 g/mol. The SMILES string of the molecule is CC(C)=CCC/C(C)=C/CC/C(C)=C/CC/C(C)=C/SCC(Nc1ccnc(C)n1)C(=O)O. The average Bonchev–Trinajstić information content (AvgIpc) is 2.72. The predicted molar refractivity (Wildman–Crippen MR) is 143 cm³/mol. The van der Waals surface area contributed by atoms with Crippen molar-refractivity contribution in [3.63, 3.8) is 0 Å². The summed E-state index contributed by atoms with van der Waals surface area (Å²) in [4.78, 5) is 19.8. The smallest absolute Gasteiger partial charge is 0.327 e. The molecule has 0 saturated heterocycles. The van der Waals surface area contributed by atoms with Gasteiger partial charge in [-0.05, 0) is 91.5 Å². The highest BCUT2D eigenvalue weighted by Crippen LogP contribution is 2.17. The van der Waals surface area contributed by atoms with Gasteiger partial charge in [-0.1, -0.05) is 40.5 Å². The molecule has 1 rings (SSSR count). The van der Waals surface area contributed by atoms with Crippen LogP contribution in [0.2, 0.25) is 0 Å². The van der Waals surface area contributed by atoms with Crippen LogP contribution < -0.4 is 5.32 Å². The van der Waals surface area contributed by atoms with Crippen molar-refractivity contribution in [3.05, 3.63) is 64.0 Å². The lowest BCUT2D eigenvalue weighted by molar-refractivity contribution is -0.137. The molecule has 0 aliphatic rings. The Bertz CT molecular complexity index is 868. The zero-order valence-electron chi connectivity index (χ0n) is 21.1. The van der Waals surface area contributed by atoms with Gasteiger partial charge in [0.25, 0.3) is 0 Å². The molecule has 0 fully saturated rings. The number of rotatable bonds is 15. The van der Waals surface area contributed by atoms with Crippen molar-refractivity contribution in [2.75, 3.05) is 11.1 Å². The molecular formula is C27H41N3O2S. The summed E-state index contributed by atoms with van der Waals surface area (Å²) in [6, 6.07) is 0.986. The predicted octanol–water partition coefficient (Wildman–Crippen LogP) is 7.49. The average molecular weight is 472 g/mol. The van der Waals surface area contributed by atoms with E-state index in [0.29, 0.717) is 17.4 Å². The molecule has 0 bridgehead atoms. The van der Waals surface area contributed by atoms with Crippen molar-refractivity contribution in [2.45, 2.75) is 86.1 Å². The molecule has 0 aliphatic carbocycles. The molecule has 0 saturated carbocycles. The number of carbonyl (C=O) groups is 1. The van der Waals surface area contributed by atoms with Gasteiger partial charge in [0.05, 0.1) is 0 Å². The molecule has 6 heteroatoms. The number of aromatic nitrogens is 2. The van der Waals surface area contributed by atoms with E-state index in [1.807, 2.05) is 0 Å². The third-order valence-corrected chi connectivity index (χ3v) is 6.19. The molecule has 0 aliphatic heterocycles. The Morgan fingerprint density at radius 2 is 1.58 bits per heavy atom. The van der Waals surface area contributed by atoms with Crippen LogP contribution >= 0.6 is 11.8 Å². The number of aryl methyl sites for hydroxylation is 1. The van der Waals surface area contributed by atoms with Crippen LogP contribution in [0.3, 0.4) is 0 Å². The van der Waals surface area contributed by atoms with Crippen LogP contribution in [0.1, 0.15) is 79.0 Å². The van der Waals surface area contributed by atoms with Gasteiger partial charge in [-0.25, -0.2) is 14.8 Å². The van der Waals surface area contributed by atoms with E-state index < -0.39 is 12.0 Å². The number of thioether (sulfide) groups is 1. The standard InChI is InChI=1S/C27H41N3O2S/c1-20(2)10-7-11-21(3)12-8-13-22(4)14-9-15-23(5)18-33-19-25(27(31)32)30-26-16-17-28-24(6)29-26/h10,12,14,16-18,25H,7-9,11,13,15,19H2,1-6H3,(H,31,32)(H,28,29,30)/b21-12+,22-14+,23-18+. The lowest BCUT2D eigenvalue weighted by atomic mass is 10.0. The normalized spacial score (nSPS) is 13.6. The first-order valence-electron chi connectivity index (χ1n) is 11.7. The quantitative estimate of drug-likeness (QED) is 0.258. The molecule has 0 spiro atoms. The summed E-state index contributed by atoms with van der Waals surface area (Å²) in [7, 11) is 0. The van der Waals surface area contributed by atoms with Gasteiger partial charge in [-0.15, -0.1) is 11.8 Å². The molecule has 0 aromatic carbocycles. The van der Waals surface area contributed by atoms with Gasteiger partial charge in [0.15, 0.2) is 0 Å². The number of allylic oxidation sites excluding steroid dienone is 7. The van der Waals surface area contributed by atoms with Gasteiger partial charge in [-0.3, -0.25) is 0 Å². The summed E-state index contributed by atoms with van der Waals surface area (Å²) < 4.78 is 0. The van der Waals surface area contributed by atoms with E-state index in [9.17, 15) is 9.90 Å². The molecule has 2 N–H and O–H groups in total. The van der Waals surface area contributed by atoms with Crippen LogP contribution in [0.5, 0.6) is 0 Å². The number of anilines is 1. The minimum atomic E-state index is -0.885. The zero-order chi connectivity index (χ0) is 24.6. The van der Waals surface area contributed by atoms with Crippen LogP contribution in [0.25, 0.3) is 0 Å². The Balaban J connectivity index is 2.36. The number of nitrogens with zero attached hydrogens (tertiary/aromatic N) is 2. The maximum atomic E-state index is 11.6. The molecule has 1 atom stereocenters. The van der Waals surface area contributed by atoms with Gasteiger partial charge >= 0.3 is 5.97 Å². The van der Waals surface area contributed by atoms with Crippen molar-refractivity contribution in [1.29, 1.82) is 0 Å². The van der Waals surface area contributed by atoms with Crippen molar-refractivity contribution in [3.8, 4) is 0 Å². The highest BCUT2D eigenvalue weighted by atomic mass is 32.2. The first kappa shape index (κ1) is 28.7. The number of carboxylic acid groups (broad SMARTS) is 1. The molecule has 0 radical (unpaired) electrons. The third-order valence-electron chi connectivity index (χ3n) is 5.10. The van der Waals surface area contributed by atoms with Gasteiger partial charge in [0.2, 0.25) is 0 Å². The molecule has 1 unspecified atom stereocenters. The van der Waals surface area contributed by atoms with Crippen LogP contribution in [0, 0.1) is 6.92 Å². The summed E-state index contributed by atoms with van der Waals surface area (Å²) >= 11 is 1.52. The fraction of sp³-hybridized carbons (Fsp3) is 0.519. The van der Waals surface area contributed by atoms with Gasteiger partial charge < -0.3 is 10.4 Å². The van der Waals surface area contributed by atoms with E-state index in [2.05, 4.69) is 73.5 Å². The van der Waals surface area contributed by atoms with E-state index in [0.717, 1.165) is 38.5 Å². The Morgan fingerprint density at radius 3 is 2.12 bits per heavy atom. The van der Waals surface area contributed by atoms with Crippen LogP contribution in [0.15, 0.2) is 58.2 Å². The summed E-state index contributed by atoms with van der Waals surface area (Å²) in [6.07, 6.45) is 15.1. The summed E-state index contributed by atoms with van der Waals surface area (Å²) in [5.74, 6) is 0.699. The Kier molecular flexibility index (Phi) is 14.2. The number of hydrogen-bond acceptors (Lipinski definition) is 5. The van der Waals surface area contributed by atoms with Crippen LogP contribution in [0.4, 0.5) is 5.82 Å². The lowest BCUT2D eigenvalue weighted by Gasteiger charge is -2.14. The number of nitrogens with one attached hydrogen (secondary N) is 1. The fourth-order valence-electron chi connectivity index (χ4n) is 3.12. The first-order valence-corrected chi connectivity index (χ1v) is 12.7. The molecule has 5 nitrogen and oxygen atoms in total. The minimum Gasteiger partial charge on any atom is -0.480 e. The second-order valence-electron chi connectivity index (χ2n) is 8.82. The second-order valence-corrected chi connectivity index (χ2v) is 9.72. The first-order chi connectivity index (χ1) is 15.7. The number of hydrogen-bond donors (Lipinski definition) is 2. The second kappa shape index (κ2) is 16.3. The van der Waals surface area contributed by atoms with E-state index in [-0.39, 0.29) is 0 Å². The van der Waals surface area contributed by atoms with Crippen LogP contribution in [-0.2, 0) is 4.79 Å². The van der Waals surface area contributed by atoms with Crippen molar-refractivity contribution in [2.24, 2.45) is 0 Å². The molecule has 1 aromatic heterocycles. The van der Waals surface area contributed by atoms with Crippen molar-refractivity contribution < 1.29 is 9.90 Å². The van der Waals surface area contributed by atoms with Gasteiger partial charge in [-0.2, -0.15) is 0 Å². The lowest BCUT2D eigenvalue weighted by Crippen LogP contribution is -2.32. The maximum Gasteiger partial charge on any atom is 0.327 e. The highest BCUT2D eigenvalue weighted by molar-refractivity contribution is 8.02. The number of aliphatic carboxylic acids is 1. The molecule has 0 amide bonds. The van der Waals surface area contributed by atoms with Gasteiger partial charge in [0, 0.05) is 11.9 Å². The van der Waals surface area contributed by atoms with Crippen LogP contribution in [-0.4, -0.2) is 32.8 Å². The summed E-state index contributed by atoms with van der Waals surface area (Å²) in [5.41, 5.74) is 5.56. The van der Waals surface area contributed by atoms with Gasteiger partial charge in [0.1, 0.15) is 17.7 Å². The maximum absolute atomic E-state index is 11.6. The van der Waals surface area contributed by atoms with E-state index in [4.69, 9.17) is 0 Å². The van der Waals surface area contributed by atoms with E-state index >= 15 is 0 Å². The Hall–Kier alpha value is -2.34. The van der Waals surface area contributed by atoms with E-state index in [1.54, 1.807) is 19.2 Å². The Morgan fingerprint density at radius 1 is 1.00 bits per heavy atom. The van der Waals surface area contributed by atoms with Crippen molar-refractivity contribution >= 4 is 23.5 Å². The highest BCUT2D eigenvalue weighted by Gasteiger charge is 2.17. The molecule has 182 valence electrons. The summed E-state index contributed by atoms with van der Waals surface area (Å²) in [5, 5.41) is 14.5. The van der Waals surface area contributed by atoms with E-state index in [1.165, 1.54) is 34.1 Å².